The van der Waals surface area contributed by atoms with Gasteiger partial charge in [0.05, 0.1) is 10.9 Å². The van der Waals surface area contributed by atoms with Crippen LogP contribution in [0.15, 0.2) is 18.2 Å². The minimum Gasteiger partial charge on any atom is -0.444 e. The van der Waals surface area contributed by atoms with Crippen molar-refractivity contribution in [3.63, 3.8) is 0 Å². The number of nitrogens with zero attached hydrogens (tertiary/aromatic N) is 1. The van der Waals surface area contributed by atoms with E-state index < -0.39 is 17.5 Å². The lowest BCUT2D eigenvalue weighted by atomic mass is 9.97. The van der Waals surface area contributed by atoms with E-state index in [0.29, 0.717) is 25.1 Å². The molecule has 2 rings (SSSR count). The minimum atomic E-state index is -0.589. The van der Waals surface area contributed by atoms with E-state index in [0.717, 1.165) is 0 Å². The van der Waals surface area contributed by atoms with Gasteiger partial charge in [-0.05, 0) is 51.8 Å². The first-order valence-corrected chi connectivity index (χ1v) is 8.27. The number of hydrogen-bond acceptors (Lipinski definition) is 3. The highest BCUT2D eigenvalue weighted by Gasteiger charge is 2.31. The Morgan fingerprint density at radius 1 is 1.38 bits per heavy atom. The molecule has 1 fully saturated rings. The number of rotatable bonds is 2. The van der Waals surface area contributed by atoms with Gasteiger partial charge in [0.2, 0.25) is 5.91 Å². The Labute approximate surface area is 146 Å². The largest absolute Gasteiger partial charge is 0.444 e. The summed E-state index contributed by atoms with van der Waals surface area (Å²) in [5, 5.41) is 2.67. The van der Waals surface area contributed by atoms with Crippen LogP contribution in [0.5, 0.6) is 0 Å². The Morgan fingerprint density at radius 2 is 2.08 bits per heavy atom. The van der Waals surface area contributed by atoms with Crippen molar-refractivity contribution in [2.75, 3.05) is 18.4 Å². The molecule has 0 spiro atoms. The van der Waals surface area contributed by atoms with E-state index in [1.165, 1.54) is 18.2 Å². The molecule has 132 valence electrons. The van der Waals surface area contributed by atoms with Gasteiger partial charge in [0.1, 0.15) is 11.4 Å². The van der Waals surface area contributed by atoms with E-state index in [4.69, 9.17) is 16.3 Å². The number of carbonyl (C=O) groups excluding carboxylic acids is 2. The van der Waals surface area contributed by atoms with Gasteiger partial charge in [-0.1, -0.05) is 11.6 Å². The topological polar surface area (TPSA) is 58.6 Å². The molecule has 1 saturated heterocycles. The van der Waals surface area contributed by atoms with Crippen LogP contribution in [0.1, 0.15) is 33.6 Å². The van der Waals surface area contributed by atoms with Gasteiger partial charge in [0.25, 0.3) is 0 Å². The molecule has 0 saturated carbocycles. The molecule has 1 aromatic rings. The fourth-order valence-corrected chi connectivity index (χ4v) is 2.62. The van der Waals surface area contributed by atoms with E-state index in [1.54, 1.807) is 25.7 Å². The monoisotopic (exact) mass is 356 g/mol. The highest BCUT2D eigenvalue weighted by molar-refractivity contribution is 6.30. The molecule has 1 aliphatic heterocycles. The minimum absolute atomic E-state index is 0.00164. The van der Waals surface area contributed by atoms with Gasteiger partial charge in [0.15, 0.2) is 0 Å². The van der Waals surface area contributed by atoms with Crippen molar-refractivity contribution in [2.24, 2.45) is 5.92 Å². The maximum absolute atomic E-state index is 13.4. The zero-order chi connectivity index (χ0) is 17.9. The smallest absolute Gasteiger partial charge is 0.410 e. The summed E-state index contributed by atoms with van der Waals surface area (Å²) in [6, 6.07) is 4.10. The van der Waals surface area contributed by atoms with E-state index in [1.807, 2.05) is 0 Å². The Hall–Kier alpha value is -1.82. The van der Waals surface area contributed by atoms with Crippen molar-refractivity contribution < 1.29 is 18.7 Å². The van der Waals surface area contributed by atoms with Gasteiger partial charge in [-0.25, -0.2) is 9.18 Å². The molecule has 1 atom stereocenters. The maximum Gasteiger partial charge on any atom is 0.410 e. The second kappa shape index (κ2) is 7.38. The van der Waals surface area contributed by atoms with E-state index >= 15 is 0 Å². The van der Waals surface area contributed by atoms with Crippen LogP contribution in [0.25, 0.3) is 0 Å². The quantitative estimate of drug-likeness (QED) is 0.869. The van der Waals surface area contributed by atoms with E-state index in [2.05, 4.69) is 5.32 Å². The third-order valence-corrected chi connectivity index (χ3v) is 3.94. The Kier molecular flexibility index (Phi) is 5.70. The summed E-state index contributed by atoms with van der Waals surface area (Å²) in [5.74, 6) is -1.19. The first-order valence-electron chi connectivity index (χ1n) is 7.89. The first-order chi connectivity index (χ1) is 11.2. The normalized spacial score (nSPS) is 18.2. The van der Waals surface area contributed by atoms with Crippen molar-refractivity contribution in [3.8, 4) is 0 Å². The molecule has 0 aromatic heterocycles. The summed E-state index contributed by atoms with van der Waals surface area (Å²) in [5.41, 5.74) is -0.232. The van der Waals surface area contributed by atoms with Crippen LogP contribution in [-0.2, 0) is 9.53 Å². The third kappa shape index (κ3) is 5.09. The van der Waals surface area contributed by atoms with Crippen molar-refractivity contribution in [3.05, 3.63) is 29.0 Å². The molecule has 24 heavy (non-hydrogen) atoms. The number of piperidine rings is 1. The van der Waals surface area contributed by atoms with Crippen LogP contribution in [0.3, 0.4) is 0 Å². The summed E-state index contributed by atoms with van der Waals surface area (Å²) in [6.45, 7) is 6.25. The van der Waals surface area contributed by atoms with Crippen LogP contribution in [0.4, 0.5) is 14.9 Å². The zero-order valence-corrected chi connectivity index (χ0v) is 14.8. The number of carbonyl (C=O) groups is 2. The SMILES string of the molecule is CC(C)(C)OC(=O)N1CCCC(C(=O)Nc2ccc(Cl)c(F)c2)C1. The highest BCUT2D eigenvalue weighted by atomic mass is 35.5. The first kappa shape index (κ1) is 18.5. The fourth-order valence-electron chi connectivity index (χ4n) is 2.50. The number of hydrogen-bond donors (Lipinski definition) is 1. The highest BCUT2D eigenvalue weighted by Crippen LogP contribution is 2.23. The standard InChI is InChI=1S/C17H22ClFN2O3/c1-17(2,3)24-16(23)21-8-4-5-11(10-21)15(22)20-12-6-7-13(18)14(19)9-12/h6-7,9,11H,4-5,8,10H2,1-3H3,(H,20,22). The lowest BCUT2D eigenvalue weighted by Crippen LogP contribution is -2.45. The summed E-state index contributed by atoms with van der Waals surface area (Å²) < 4.78 is 18.8. The average molecular weight is 357 g/mol. The second-order valence-electron chi connectivity index (χ2n) is 6.88. The van der Waals surface area contributed by atoms with Crippen LogP contribution in [0.2, 0.25) is 5.02 Å². The van der Waals surface area contributed by atoms with Crippen LogP contribution >= 0.6 is 11.6 Å². The lowest BCUT2D eigenvalue weighted by Gasteiger charge is -2.33. The van der Waals surface area contributed by atoms with E-state index in [9.17, 15) is 14.0 Å². The Bertz CT molecular complexity index is 631. The molecule has 0 bridgehead atoms. The summed E-state index contributed by atoms with van der Waals surface area (Å²) in [4.78, 5) is 26.0. The molecular weight excluding hydrogens is 335 g/mol. The molecule has 7 heteroatoms. The molecule has 1 N–H and O–H groups in total. The molecular formula is C17H22ClFN2O3. The van der Waals surface area contributed by atoms with Gasteiger partial charge in [-0.15, -0.1) is 0 Å². The van der Waals surface area contributed by atoms with Gasteiger partial charge in [-0.3, -0.25) is 4.79 Å². The summed E-state index contributed by atoms with van der Waals surface area (Å²) >= 11 is 5.63. The molecule has 0 aliphatic carbocycles. The van der Waals surface area contributed by atoms with Gasteiger partial charge in [0, 0.05) is 18.8 Å². The second-order valence-corrected chi connectivity index (χ2v) is 7.29. The molecule has 1 heterocycles. The van der Waals surface area contributed by atoms with Crippen LogP contribution < -0.4 is 5.32 Å². The fraction of sp³-hybridized carbons (Fsp3) is 0.529. The molecule has 0 radical (unpaired) electrons. The zero-order valence-electron chi connectivity index (χ0n) is 14.1. The van der Waals surface area contributed by atoms with Crippen molar-refractivity contribution in [1.29, 1.82) is 0 Å². The van der Waals surface area contributed by atoms with Crippen molar-refractivity contribution >= 4 is 29.3 Å². The molecule has 2 amide bonds. The van der Waals surface area contributed by atoms with E-state index in [-0.39, 0.29) is 23.4 Å². The Balaban J connectivity index is 1.97. The molecule has 1 unspecified atom stereocenters. The number of benzene rings is 1. The van der Waals surface area contributed by atoms with Crippen molar-refractivity contribution in [2.45, 2.75) is 39.2 Å². The van der Waals surface area contributed by atoms with Crippen molar-refractivity contribution in [1.82, 2.24) is 4.90 Å². The number of likely N-dealkylation sites (tertiary alicyclic amines) is 1. The van der Waals surface area contributed by atoms with Gasteiger partial charge < -0.3 is 15.0 Å². The summed E-state index contributed by atoms with van der Waals surface area (Å²) in [6.07, 6.45) is 0.964. The Morgan fingerprint density at radius 3 is 2.71 bits per heavy atom. The number of ether oxygens (including phenoxy) is 1. The molecule has 5 nitrogen and oxygen atoms in total. The number of halogens is 2. The number of amides is 2. The summed E-state index contributed by atoms with van der Waals surface area (Å²) in [7, 11) is 0. The molecule has 1 aromatic carbocycles. The van der Waals surface area contributed by atoms with Crippen LogP contribution in [0, 0.1) is 11.7 Å². The maximum atomic E-state index is 13.4. The predicted molar refractivity (Wildman–Crippen MR) is 90.6 cm³/mol. The molecule has 1 aliphatic rings. The van der Waals surface area contributed by atoms with Gasteiger partial charge >= 0.3 is 6.09 Å². The van der Waals surface area contributed by atoms with Crippen LogP contribution in [-0.4, -0.2) is 35.6 Å². The number of anilines is 1. The predicted octanol–water partition coefficient (Wildman–Crippen LogP) is 4.06. The number of nitrogens with one attached hydrogen (secondary N) is 1. The van der Waals surface area contributed by atoms with Gasteiger partial charge in [-0.2, -0.15) is 0 Å². The average Bonchev–Trinajstić information content (AvgIpc) is 2.49. The third-order valence-electron chi connectivity index (χ3n) is 3.63. The lowest BCUT2D eigenvalue weighted by molar-refractivity contribution is -0.121.